The monoisotopic (exact) mass is 236 g/mol. The van der Waals surface area contributed by atoms with Gasteiger partial charge in [-0.2, -0.15) is 0 Å². The summed E-state index contributed by atoms with van der Waals surface area (Å²) in [5, 5.41) is 0.882. The van der Waals surface area contributed by atoms with Crippen molar-refractivity contribution in [1.29, 1.82) is 0 Å². The zero-order chi connectivity index (χ0) is 12.5. The molecule has 4 heteroatoms. The molecule has 2 rings (SSSR count). The van der Waals surface area contributed by atoms with Crippen LogP contribution in [-0.2, 0) is 6.42 Å². The number of pyridine rings is 1. The van der Waals surface area contributed by atoms with E-state index in [-0.39, 0.29) is 6.42 Å². The Hall–Kier alpha value is -1.55. The molecule has 0 spiro atoms. The zero-order valence-electron chi connectivity index (χ0n) is 9.53. The fourth-order valence-corrected chi connectivity index (χ4v) is 1.80. The lowest BCUT2D eigenvalue weighted by molar-refractivity contribution is 0.0641. The highest BCUT2D eigenvalue weighted by Crippen LogP contribution is 2.23. The molecule has 0 aliphatic carbocycles. The molecule has 0 saturated heterocycles. The van der Waals surface area contributed by atoms with Crippen molar-refractivity contribution in [1.82, 2.24) is 4.98 Å². The van der Waals surface area contributed by atoms with Crippen molar-refractivity contribution < 1.29 is 8.78 Å². The predicted octanol–water partition coefficient (Wildman–Crippen LogP) is 2.76. The summed E-state index contributed by atoms with van der Waals surface area (Å²) in [6, 6.07) is 9.21. The lowest BCUT2D eigenvalue weighted by Crippen LogP contribution is -2.45. The van der Waals surface area contributed by atoms with Crippen LogP contribution >= 0.6 is 0 Å². The number of halogens is 2. The van der Waals surface area contributed by atoms with Gasteiger partial charge in [0, 0.05) is 11.6 Å². The van der Waals surface area contributed by atoms with Crippen LogP contribution < -0.4 is 5.73 Å². The molecule has 90 valence electrons. The number of hydrogen-bond donors (Lipinski definition) is 1. The van der Waals surface area contributed by atoms with E-state index in [4.69, 9.17) is 5.73 Å². The van der Waals surface area contributed by atoms with Crippen LogP contribution in [0.1, 0.15) is 12.5 Å². The maximum absolute atomic E-state index is 12.8. The Morgan fingerprint density at radius 1 is 1.29 bits per heavy atom. The Morgan fingerprint density at radius 2 is 2.00 bits per heavy atom. The number of alkyl halides is 2. The van der Waals surface area contributed by atoms with Gasteiger partial charge in [0.25, 0.3) is 6.43 Å². The molecule has 1 heterocycles. The van der Waals surface area contributed by atoms with Crippen LogP contribution in [0.15, 0.2) is 36.5 Å². The molecule has 0 fully saturated rings. The van der Waals surface area contributed by atoms with Crippen LogP contribution in [0.2, 0.25) is 0 Å². The van der Waals surface area contributed by atoms with E-state index in [0.717, 1.165) is 16.5 Å². The normalized spacial score (nSPS) is 15.1. The minimum atomic E-state index is -2.55. The summed E-state index contributed by atoms with van der Waals surface area (Å²) in [7, 11) is 0. The van der Waals surface area contributed by atoms with Crippen LogP contribution in [-0.4, -0.2) is 16.9 Å². The van der Waals surface area contributed by atoms with E-state index in [1.54, 1.807) is 12.3 Å². The van der Waals surface area contributed by atoms with Crippen molar-refractivity contribution in [3.8, 4) is 0 Å². The fraction of sp³-hybridized carbons (Fsp3) is 0.308. The summed E-state index contributed by atoms with van der Waals surface area (Å²) in [6.45, 7) is 1.37. The van der Waals surface area contributed by atoms with Gasteiger partial charge in [0.1, 0.15) is 0 Å². The highest BCUT2D eigenvalue weighted by Gasteiger charge is 2.30. The second-order valence-corrected chi connectivity index (χ2v) is 4.47. The first-order chi connectivity index (χ1) is 8.00. The lowest BCUT2D eigenvalue weighted by atomic mass is 9.92. The Morgan fingerprint density at radius 3 is 2.71 bits per heavy atom. The molecule has 0 aliphatic heterocycles. The first-order valence-corrected chi connectivity index (χ1v) is 5.40. The number of fused-ring (bicyclic) bond motifs is 1. The summed E-state index contributed by atoms with van der Waals surface area (Å²) >= 11 is 0. The molecule has 1 aromatic heterocycles. The smallest absolute Gasteiger partial charge is 0.256 e. The number of hydrogen-bond acceptors (Lipinski definition) is 2. The summed E-state index contributed by atoms with van der Waals surface area (Å²) in [5.74, 6) is 0. The van der Waals surface area contributed by atoms with Crippen LogP contribution in [0, 0.1) is 0 Å². The molecule has 17 heavy (non-hydrogen) atoms. The van der Waals surface area contributed by atoms with Crippen LogP contribution in [0.5, 0.6) is 0 Å². The molecular formula is C13H14F2N2. The fourth-order valence-electron chi connectivity index (χ4n) is 1.80. The minimum Gasteiger partial charge on any atom is -0.320 e. The average Bonchev–Trinajstić information content (AvgIpc) is 2.29. The second-order valence-electron chi connectivity index (χ2n) is 4.47. The first kappa shape index (κ1) is 11.9. The van der Waals surface area contributed by atoms with E-state index < -0.39 is 12.0 Å². The zero-order valence-corrected chi connectivity index (χ0v) is 9.53. The largest absolute Gasteiger partial charge is 0.320 e. The van der Waals surface area contributed by atoms with Crippen molar-refractivity contribution in [2.45, 2.75) is 25.3 Å². The molecule has 0 radical (unpaired) electrons. The molecule has 0 amide bonds. The van der Waals surface area contributed by atoms with Crippen molar-refractivity contribution in [3.63, 3.8) is 0 Å². The minimum absolute atomic E-state index is 0.133. The van der Waals surface area contributed by atoms with E-state index in [1.165, 1.54) is 6.92 Å². The first-order valence-electron chi connectivity index (χ1n) is 5.40. The molecule has 0 saturated carbocycles. The molecule has 1 unspecified atom stereocenters. The number of aromatic nitrogens is 1. The molecule has 0 bridgehead atoms. The Balaban J connectivity index is 2.43. The van der Waals surface area contributed by atoms with Crippen molar-refractivity contribution in [3.05, 3.63) is 42.1 Å². The third kappa shape index (κ3) is 2.42. The van der Waals surface area contributed by atoms with Crippen molar-refractivity contribution in [2.24, 2.45) is 5.73 Å². The molecule has 1 aromatic carbocycles. The van der Waals surface area contributed by atoms with Gasteiger partial charge in [0.05, 0.1) is 11.1 Å². The number of nitrogens with zero attached hydrogens (tertiary/aromatic N) is 1. The van der Waals surface area contributed by atoms with Crippen LogP contribution in [0.4, 0.5) is 8.78 Å². The van der Waals surface area contributed by atoms with Gasteiger partial charge in [-0.15, -0.1) is 0 Å². The van der Waals surface area contributed by atoms with Gasteiger partial charge < -0.3 is 5.73 Å². The van der Waals surface area contributed by atoms with Gasteiger partial charge in [0.2, 0.25) is 0 Å². The van der Waals surface area contributed by atoms with Crippen molar-refractivity contribution >= 4 is 10.9 Å². The van der Waals surface area contributed by atoms with Gasteiger partial charge >= 0.3 is 0 Å². The maximum atomic E-state index is 12.8. The van der Waals surface area contributed by atoms with E-state index >= 15 is 0 Å². The molecule has 2 aromatic rings. The molecular weight excluding hydrogens is 222 g/mol. The van der Waals surface area contributed by atoms with Crippen molar-refractivity contribution in [2.75, 3.05) is 0 Å². The highest BCUT2D eigenvalue weighted by atomic mass is 19.3. The molecule has 2 nitrogen and oxygen atoms in total. The Kier molecular flexibility index (Phi) is 3.07. The second kappa shape index (κ2) is 4.37. The number of nitrogens with two attached hydrogens (primary N) is 1. The topological polar surface area (TPSA) is 38.9 Å². The third-order valence-electron chi connectivity index (χ3n) is 2.81. The third-order valence-corrected chi connectivity index (χ3v) is 2.81. The van der Waals surface area contributed by atoms with Gasteiger partial charge in [-0.25, -0.2) is 8.78 Å². The highest BCUT2D eigenvalue weighted by molar-refractivity contribution is 5.81. The van der Waals surface area contributed by atoms with Gasteiger partial charge in [-0.1, -0.05) is 18.2 Å². The lowest BCUT2D eigenvalue weighted by Gasteiger charge is -2.24. The van der Waals surface area contributed by atoms with Gasteiger partial charge in [-0.3, -0.25) is 4.98 Å². The SMILES string of the molecule is CC(N)(Cc1ccnc2ccccc12)C(F)F. The quantitative estimate of drug-likeness (QED) is 0.890. The Labute approximate surface area is 98.5 Å². The Bertz CT molecular complexity index is 518. The van der Waals surface area contributed by atoms with Gasteiger partial charge in [-0.05, 0) is 31.0 Å². The van der Waals surface area contributed by atoms with E-state index in [9.17, 15) is 8.78 Å². The average molecular weight is 236 g/mol. The number of benzene rings is 1. The molecule has 0 aliphatic rings. The van der Waals surface area contributed by atoms with Crippen LogP contribution in [0.25, 0.3) is 10.9 Å². The predicted molar refractivity (Wildman–Crippen MR) is 64.0 cm³/mol. The van der Waals surface area contributed by atoms with E-state index in [1.807, 2.05) is 24.3 Å². The van der Waals surface area contributed by atoms with Crippen LogP contribution in [0.3, 0.4) is 0 Å². The maximum Gasteiger partial charge on any atom is 0.256 e. The number of para-hydroxylation sites is 1. The van der Waals surface area contributed by atoms with Gasteiger partial charge in [0.15, 0.2) is 0 Å². The summed E-state index contributed by atoms with van der Waals surface area (Å²) < 4.78 is 25.5. The van der Waals surface area contributed by atoms with E-state index in [0.29, 0.717) is 0 Å². The molecule has 1 atom stereocenters. The van der Waals surface area contributed by atoms with E-state index in [2.05, 4.69) is 4.98 Å². The summed E-state index contributed by atoms with van der Waals surface area (Å²) in [6.07, 6.45) is -0.790. The standard InChI is InChI=1S/C13H14F2N2/c1-13(16,12(14)15)8-9-6-7-17-11-5-3-2-4-10(9)11/h2-7,12H,8,16H2,1H3. The summed E-state index contributed by atoms with van der Waals surface area (Å²) in [5.41, 5.74) is 5.71. The molecule has 2 N–H and O–H groups in total. The number of rotatable bonds is 3. The summed E-state index contributed by atoms with van der Waals surface area (Å²) in [4.78, 5) is 4.19.